The van der Waals surface area contributed by atoms with Crippen LogP contribution in [0.15, 0.2) is 24.3 Å². The summed E-state index contributed by atoms with van der Waals surface area (Å²) in [6, 6.07) is 6.64. The average Bonchev–Trinajstić information content (AvgIpc) is 2.60. The molecule has 1 aliphatic heterocycles. The highest BCUT2D eigenvalue weighted by Gasteiger charge is 2.36. The van der Waals surface area contributed by atoms with Crippen LogP contribution >= 0.6 is 0 Å². The van der Waals surface area contributed by atoms with Crippen LogP contribution in [0, 0.1) is 5.92 Å². The van der Waals surface area contributed by atoms with Crippen molar-refractivity contribution in [1.82, 2.24) is 9.97 Å². The van der Waals surface area contributed by atoms with Crippen LogP contribution in [0.1, 0.15) is 25.6 Å². The van der Waals surface area contributed by atoms with Crippen LogP contribution < -0.4 is 4.90 Å². The number of alkyl halides is 3. The van der Waals surface area contributed by atoms with Crippen molar-refractivity contribution < 1.29 is 22.7 Å². The Hall–Kier alpha value is -2.38. The predicted molar refractivity (Wildman–Crippen MR) is 86.1 cm³/mol. The van der Waals surface area contributed by atoms with Crippen molar-refractivity contribution in [1.29, 1.82) is 0 Å². The van der Waals surface area contributed by atoms with E-state index in [0.717, 1.165) is 0 Å². The molecule has 0 radical (unpaired) electrons. The minimum absolute atomic E-state index is 0.216. The van der Waals surface area contributed by atoms with Gasteiger partial charge >= 0.3 is 12.1 Å². The van der Waals surface area contributed by atoms with Gasteiger partial charge in [-0.1, -0.05) is 12.1 Å². The summed E-state index contributed by atoms with van der Waals surface area (Å²) in [5.74, 6) is -1.34. The van der Waals surface area contributed by atoms with E-state index in [-0.39, 0.29) is 23.2 Å². The molecule has 1 aromatic heterocycles. The quantitative estimate of drug-likeness (QED) is 0.792. The number of carbonyl (C=O) groups excluding carboxylic acids is 1. The molecule has 8 heteroatoms. The Morgan fingerprint density at radius 1 is 1.24 bits per heavy atom. The average molecular weight is 353 g/mol. The lowest BCUT2D eigenvalue weighted by Gasteiger charge is -2.32. The van der Waals surface area contributed by atoms with Crippen molar-refractivity contribution in [3.05, 3.63) is 30.1 Å². The first kappa shape index (κ1) is 17.4. The van der Waals surface area contributed by atoms with Gasteiger partial charge in [0, 0.05) is 18.5 Å². The molecule has 5 nitrogen and oxygen atoms in total. The van der Waals surface area contributed by atoms with Gasteiger partial charge in [-0.25, -0.2) is 9.97 Å². The zero-order chi connectivity index (χ0) is 18.0. The molecule has 0 amide bonds. The number of fused-ring (bicyclic) bond motifs is 1. The van der Waals surface area contributed by atoms with Crippen LogP contribution in [0.2, 0.25) is 0 Å². The molecule has 0 bridgehead atoms. The highest BCUT2D eigenvalue weighted by Crippen LogP contribution is 2.33. The number of hydrogen-bond acceptors (Lipinski definition) is 5. The van der Waals surface area contributed by atoms with Crippen molar-refractivity contribution in [3.8, 4) is 0 Å². The van der Waals surface area contributed by atoms with Crippen LogP contribution in [-0.2, 0) is 15.7 Å². The van der Waals surface area contributed by atoms with Gasteiger partial charge in [0.2, 0.25) is 5.82 Å². The SMILES string of the molecule is CCOC(=O)C1CCN(c2nc(C(F)(F)F)nc3ccccc23)CC1. The van der Waals surface area contributed by atoms with Crippen molar-refractivity contribution in [3.63, 3.8) is 0 Å². The zero-order valence-electron chi connectivity index (χ0n) is 13.7. The normalized spacial score (nSPS) is 16.2. The molecule has 1 aromatic carbocycles. The van der Waals surface area contributed by atoms with Crippen LogP contribution in [0.5, 0.6) is 0 Å². The van der Waals surface area contributed by atoms with E-state index in [1.54, 1.807) is 36.1 Å². The highest BCUT2D eigenvalue weighted by atomic mass is 19.4. The zero-order valence-corrected chi connectivity index (χ0v) is 13.7. The molecule has 0 spiro atoms. The first-order chi connectivity index (χ1) is 11.9. The molecule has 3 rings (SSSR count). The largest absolute Gasteiger partial charge is 0.466 e. The topological polar surface area (TPSA) is 55.3 Å². The second-order valence-electron chi connectivity index (χ2n) is 5.90. The van der Waals surface area contributed by atoms with E-state index in [2.05, 4.69) is 9.97 Å². The van der Waals surface area contributed by atoms with Crippen molar-refractivity contribution >= 4 is 22.7 Å². The van der Waals surface area contributed by atoms with Crippen LogP contribution in [0.25, 0.3) is 10.9 Å². The third kappa shape index (κ3) is 3.67. The molecule has 0 unspecified atom stereocenters. The van der Waals surface area contributed by atoms with Gasteiger partial charge in [-0.3, -0.25) is 4.79 Å². The van der Waals surface area contributed by atoms with Crippen LogP contribution in [0.4, 0.5) is 19.0 Å². The molecule has 0 saturated carbocycles. The van der Waals surface area contributed by atoms with E-state index in [4.69, 9.17) is 4.74 Å². The Labute approximate surface area is 142 Å². The first-order valence-electron chi connectivity index (χ1n) is 8.15. The smallest absolute Gasteiger partial charge is 0.451 e. The second-order valence-corrected chi connectivity index (χ2v) is 5.90. The summed E-state index contributed by atoms with van der Waals surface area (Å²) < 4.78 is 44.4. The van der Waals surface area contributed by atoms with E-state index >= 15 is 0 Å². The summed E-state index contributed by atoms with van der Waals surface area (Å²) in [5.41, 5.74) is 0.257. The summed E-state index contributed by atoms with van der Waals surface area (Å²) in [7, 11) is 0. The van der Waals surface area contributed by atoms with E-state index in [9.17, 15) is 18.0 Å². The summed E-state index contributed by atoms with van der Waals surface area (Å²) in [4.78, 5) is 21.0. The number of aromatic nitrogens is 2. The predicted octanol–water partition coefficient (Wildman–Crippen LogP) is 3.43. The number of para-hydroxylation sites is 1. The Morgan fingerprint density at radius 3 is 2.56 bits per heavy atom. The molecular weight excluding hydrogens is 335 g/mol. The molecule has 0 aliphatic carbocycles. The fourth-order valence-electron chi connectivity index (χ4n) is 3.01. The van der Waals surface area contributed by atoms with Crippen LogP contribution in [-0.4, -0.2) is 35.6 Å². The molecule has 1 saturated heterocycles. The molecule has 1 aliphatic rings. The number of carbonyl (C=O) groups is 1. The van der Waals surface area contributed by atoms with Gasteiger partial charge in [-0.05, 0) is 31.9 Å². The van der Waals surface area contributed by atoms with Crippen molar-refractivity contribution in [2.45, 2.75) is 25.9 Å². The maximum absolute atomic E-state index is 13.1. The summed E-state index contributed by atoms with van der Waals surface area (Å²) in [5, 5.41) is 0.574. The summed E-state index contributed by atoms with van der Waals surface area (Å²) >= 11 is 0. The van der Waals surface area contributed by atoms with E-state index in [0.29, 0.717) is 37.9 Å². The van der Waals surface area contributed by atoms with Crippen molar-refractivity contribution in [2.75, 3.05) is 24.6 Å². The van der Waals surface area contributed by atoms with Gasteiger partial charge < -0.3 is 9.64 Å². The molecule has 1 fully saturated rings. The molecule has 134 valence electrons. The molecule has 0 atom stereocenters. The monoisotopic (exact) mass is 353 g/mol. The Bertz CT molecular complexity index is 771. The molecule has 2 heterocycles. The van der Waals surface area contributed by atoms with E-state index in [1.165, 1.54) is 0 Å². The third-order valence-corrected chi connectivity index (χ3v) is 4.25. The number of anilines is 1. The van der Waals surface area contributed by atoms with Gasteiger partial charge in [-0.2, -0.15) is 13.2 Å². The number of rotatable bonds is 3. The van der Waals surface area contributed by atoms with E-state index < -0.39 is 12.0 Å². The fraction of sp³-hybridized carbons (Fsp3) is 0.471. The lowest BCUT2D eigenvalue weighted by Crippen LogP contribution is -2.37. The Kier molecular flexibility index (Phi) is 4.78. The maximum Gasteiger partial charge on any atom is 0.451 e. The third-order valence-electron chi connectivity index (χ3n) is 4.25. The number of ether oxygens (including phenoxy) is 1. The number of hydrogen-bond donors (Lipinski definition) is 0. The Balaban J connectivity index is 1.90. The summed E-state index contributed by atoms with van der Waals surface area (Å²) in [6.07, 6.45) is -3.56. The Morgan fingerprint density at radius 2 is 1.92 bits per heavy atom. The van der Waals surface area contributed by atoms with Gasteiger partial charge in [0.05, 0.1) is 18.0 Å². The van der Waals surface area contributed by atoms with Gasteiger partial charge in [0.15, 0.2) is 0 Å². The number of nitrogens with zero attached hydrogens (tertiary/aromatic N) is 3. The fourth-order valence-corrected chi connectivity index (χ4v) is 3.01. The van der Waals surface area contributed by atoms with Gasteiger partial charge in [0.1, 0.15) is 5.82 Å². The second kappa shape index (κ2) is 6.85. The number of benzene rings is 1. The number of halogens is 3. The van der Waals surface area contributed by atoms with Gasteiger partial charge in [-0.15, -0.1) is 0 Å². The maximum atomic E-state index is 13.1. The standard InChI is InChI=1S/C17H18F3N3O2/c1-2-25-15(24)11-7-9-23(10-8-11)14-12-5-3-4-6-13(12)21-16(22-14)17(18,19)20/h3-6,11H,2,7-10H2,1H3. The minimum Gasteiger partial charge on any atom is -0.466 e. The molecule has 25 heavy (non-hydrogen) atoms. The van der Waals surface area contributed by atoms with E-state index in [1.807, 2.05) is 0 Å². The number of esters is 1. The summed E-state index contributed by atoms with van der Waals surface area (Å²) in [6.45, 7) is 2.97. The lowest BCUT2D eigenvalue weighted by atomic mass is 9.97. The molecule has 0 N–H and O–H groups in total. The first-order valence-corrected chi connectivity index (χ1v) is 8.15. The minimum atomic E-state index is -4.61. The van der Waals surface area contributed by atoms with Crippen molar-refractivity contribution in [2.24, 2.45) is 5.92 Å². The number of piperidine rings is 1. The molecular formula is C17H18F3N3O2. The molecule has 2 aromatic rings. The van der Waals surface area contributed by atoms with Crippen LogP contribution in [0.3, 0.4) is 0 Å². The highest BCUT2D eigenvalue weighted by molar-refractivity contribution is 5.89. The lowest BCUT2D eigenvalue weighted by molar-refractivity contribution is -0.148. The van der Waals surface area contributed by atoms with Gasteiger partial charge in [0.25, 0.3) is 0 Å².